The Labute approximate surface area is 127 Å². The van der Waals surface area contributed by atoms with Gasteiger partial charge in [0.05, 0.1) is 0 Å². The predicted molar refractivity (Wildman–Crippen MR) is 90.2 cm³/mol. The first-order valence-corrected chi connectivity index (χ1v) is 8.00. The summed E-state index contributed by atoms with van der Waals surface area (Å²) in [7, 11) is 0. The fourth-order valence-corrected chi connectivity index (χ4v) is 2.86. The van der Waals surface area contributed by atoms with E-state index in [1.807, 2.05) is 6.07 Å². The molecule has 0 saturated carbocycles. The molecule has 1 aliphatic carbocycles. The highest BCUT2D eigenvalue weighted by molar-refractivity contribution is 6.30. The first-order valence-electron chi connectivity index (χ1n) is 7.62. The summed E-state index contributed by atoms with van der Waals surface area (Å²) in [5.74, 6) is 0. The zero-order chi connectivity index (χ0) is 14.4. The van der Waals surface area contributed by atoms with E-state index in [0.717, 1.165) is 37.1 Å². The number of hydrogen-bond donors (Lipinski definition) is 0. The molecule has 2 rings (SSSR count). The number of halogens is 1. The fourth-order valence-electron chi connectivity index (χ4n) is 2.69. The van der Waals surface area contributed by atoms with E-state index in [4.69, 9.17) is 11.6 Å². The molecule has 0 aliphatic heterocycles. The van der Waals surface area contributed by atoms with Gasteiger partial charge in [0.2, 0.25) is 0 Å². The van der Waals surface area contributed by atoms with Crippen LogP contribution in [-0.4, -0.2) is 0 Å². The molecule has 0 radical (unpaired) electrons. The molecule has 1 aromatic rings. The lowest BCUT2D eigenvalue weighted by atomic mass is 9.89. The van der Waals surface area contributed by atoms with Crippen molar-refractivity contribution in [2.75, 3.05) is 0 Å². The number of allylic oxidation sites excluding steroid dienone is 6. The standard InChI is InChI=1S/C19H23Cl/c1-3-8-15-12-13-17(20)14-19(15)18(9-4-2)16-10-6-5-7-11-16/h6,9-14H,3-5,7-8H2,1-2H3/b18-9+. The van der Waals surface area contributed by atoms with Crippen molar-refractivity contribution >= 4 is 17.2 Å². The van der Waals surface area contributed by atoms with Gasteiger partial charge in [-0.3, -0.25) is 0 Å². The minimum absolute atomic E-state index is 0.822. The molecule has 0 nitrogen and oxygen atoms in total. The SMILES string of the molecule is CC/C=C(\C1=CCCC=C1)c1cc(Cl)ccc1CCC. The van der Waals surface area contributed by atoms with Crippen molar-refractivity contribution < 1.29 is 0 Å². The molecule has 0 saturated heterocycles. The zero-order valence-electron chi connectivity index (χ0n) is 12.5. The quantitative estimate of drug-likeness (QED) is 0.590. The van der Waals surface area contributed by atoms with Crippen LogP contribution < -0.4 is 0 Å². The van der Waals surface area contributed by atoms with Crippen LogP contribution in [0, 0.1) is 0 Å². The Bertz CT molecular complexity index is 547. The summed E-state index contributed by atoms with van der Waals surface area (Å²) in [6.45, 7) is 4.42. The van der Waals surface area contributed by atoms with Crippen LogP contribution in [0.3, 0.4) is 0 Å². The Morgan fingerprint density at radius 3 is 2.75 bits per heavy atom. The molecule has 0 unspecified atom stereocenters. The number of aryl methyl sites for hydroxylation is 1. The normalized spacial score (nSPS) is 15.3. The second-order valence-corrected chi connectivity index (χ2v) is 5.65. The topological polar surface area (TPSA) is 0 Å². The van der Waals surface area contributed by atoms with Gasteiger partial charge in [-0.25, -0.2) is 0 Å². The fraction of sp³-hybridized carbons (Fsp3) is 0.368. The first-order chi connectivity index (χ1) is 9.76. The van der Waals surface area contributed by atoms with Crippen LogP contribution in [-0.2, 0) is 6.42 Å². The molecule has 0 heterocycles. The number of benzene rings is 1. The Morgan fingerprint density at radius 2 is 2.10 bits per heavy atom. The van der Waals surface area contributed by atoms with E-state index in [-0.39, 0.29) is 0 Å². The van der Waals surface area contributed by atoms with E-state index in [2.05, 4.69) is 50.3 Å². The van der Waals surface area contributed by atoms with Crippen LogP contribution in [0.1, 0.15) is 50.7 Å². The van der Waals surface area contributed by atoms with Crippen molar-refractivity contribution in [3.63, 3.8) is 0 Å². The van der Waals surface area contributed by atoms with Gasteiger partial charge >= 0.3 is 0 Å². The van der Waals surface area contributed by atoms with E-state index in [1.54, 1.807) is 0 Å². The van der Waals surface area contributed by atoms with Gasteiger partial charge in [-0.15, -0.1) is 0 Å². The minimum atomic E-state index is 0.822. The zero-order valence-corrected chi connectivity index (χ0v) is 13.2. The average Bonchev–Trinajstić information content (AvgIpc) is 2.48. The summed E-state index contributed by atoms with van der Waals surface area (Å²) in [5, 5.41) is 0.822. The Hall–Kier alpha value is -1.27. The van der Waals surface area contributed by atoms with Crippen molar-refractivity contribution in [3.8, 4) is 0 Å². The molecule has 0 fully saturated rings. The molecule has 106 valence electrons. The van der Waals surface area contributed by atoms with E-state index in [9.17, 15) is 0 Å². The van der Waals surface area contributed by atoms with E-state index in [0.29, 0.717) is 0 Å². The second-order valence-electron chi connectivity index (χ2n) is 5.22. The largest absolute Gasteiger partial charge is 0.0843 e. The van der Waals surface area contributed by atoms with Crippen LogP contribution >= 0.6 is 11.6 Å². The van der Waals surface area contributed by atoms with E-state index < -0.39 is 0 Å². The van der Waals surface area contributed by atoms with E-state index >= 15 is 0 Å². The van der Waals surface area contributed by atoms with E-state index in [1.165, 1.54) is 22.3 Å². The Morgan fingerprint density at radius 1 is 1.25 bits per heavy atom. The maximum absolute atomic E-state index is 6.24. The average molecular weight is 287 g/mol. The van der Waals surface area contributed by atoms with Gasteiger partial charge in [-0.2, -0.15) is 0 Å². The molecule has 1 heteroatoms. The molecule has 0 atom stereocenters. The molecule has 0 bridgehead atoms. The lowest BCUT2D eigenvalue weighted by molar-refractivity contribution is 0.918. The van der Waals surface area contributed by atoms with Crippen molar-refractivity contribution in [3.05, 3.63) is 64.2 Å². The molecular formula is C19H23Cl. The minimum Gasteiger partial charge on any atom is -0.0843 e. The third-order valence-corrected chi connectivity index (χ3v) is 3.83. The Kier molecular flexibility index (Phi) is 5.67. The molecule has 0 N–H and O–H groups in total. The van der Waals surface area contributed by atoms with Crippen LogP contribution in [0.15, 0.2) is 48.1 Å². The van der Waals surface area contributed by atoms with Crippen LogP contribution in [0.4, 0.5) is 0 Å². The molecule has 20 heavy (non-hydrogen) atoms. The van der Waals surface area contributed by atoms with Crippen LogP contribution in [0.5, 0.6) is 0 Å². The third kappa shape index (κ3) is 3.64. The van der Waals surface area contributed by atoms with Gasteiger partial charge in [0.25, 0.3) is 0 Å². The molecular weight excluding hydrogens is 264 g/mol. The van der Waals surface area contributed by atoms with Crippen LogP contribution in [0.2, 0.25) is 5.02 Å². The van der Waals surface area contributed by atoms with Gasteiger partial charge in [0, 0.05) is 5.02 Å². The summed E-state index contributed by atoms with van der Waals surface area (Å²) in [6, 6.07) is 6.31. The Balaban J connectivity index is 2.49. The summed E-state index contributed by atoms with van der Waals surface area (Å²) in [4.78, 5) is 0. The second kappa shape index (κ2) is 7.50. The molecule has 1 aliphatic rings. The first kappa shape index (κ1) is 15.1. The maximum Gasteiger partial charge on any atom is 0.0412 e. The maximum atomic E-state index is 6.24. The lowest BCUT2D eigenvalue weighted by Gasteiger charge is -2.16. The van der Waals surface area contributed by atoms with Gasteiger partial charge in [0.1, 0.15) is 0 Å². The summed E-state index contributed by atoms with van der Waals surface area (Å²) in [5.41, 5.74) is 5.39. The monoisotopic (exact) mass is 286 g/mol. The molecule has 0 spiro atoms. The third-order valence-electron chi connectivity index (χ3n) is 3.60. The highest BCUT2D eigenvalue weighted by Gasteiger charge is 2.12. The van der Waals surface area contributed by atoms with Gasteiger partial charge in [-0.1, -0.05) is 62.2 Å². The van der Waals surface area contributed by atoms with Gasteiger partial charge in [0.15, 0.2) is 0 Å². The molecule has 0 aromatic heterocycles. The van der Waals surface area contributed by atoms with Gasteiger partial charge < -0.3 is 0 Å². The van der Waals surface area contributed by atoms with Crippen molar-refractivity contribution in [2.24, 2.45) is 0 Å². The number of hydrogen-bond acceptors (Lipinski definition) is 0. The number of rotatable bonds is 5. The smallest absolute Gasteiger partial charge is 0.0412 e. The van der Waals surface area contributed by atoms with Crippen LogP contribution in [0.25, 0.3) is 5.57 Å². The van der Waals surface area contributed by atoms with Crippen molar-refractivity contribution in [1.29, 1.82) is 0 Å². The predicted octanol–water partition coefficient (Wildman–Crippen LogP) is 6.36. The summed E-state index contributed by atoms with van der Waals surface area (Å²) < 4.78 is 0. The van der Waals surface area contributed by atoms with Crippen molar-refractivity contribution in [1.82, 2.24) is 0 Å². The summed E-state index contributed by atoms with van der Waals surface area (Å²) in [6.07, 6.45) is 14.8. The van der Waals surface area contributed by atoms with Crippen molar-refractivity contribution in [2.45, 2.75) is 46.0 Å². The van der Waals surface area contributed by atoms with Gasteiger partial charge in [-0.05, 0) is 60.1 Å². The highest BCUT2D eigenvalue weighted by Crippen LogP contribution is 2.32. The molecule has 1 aromatic carbocycles. The lowest BCUT2D eigenvalue weighted by Crippen LogP contribution is -1.97. The highest BCUT2D eigenvalue weighted by atomic mass is 35.5. The summed E-state index contributed by atoms with van der Waals surface area (Å²) >= 11 is 6.24. The molecule has 0 amide bonds.